The van der Waals surface area contributed by atoms with Gasteiger partial charge in [-0.05, 0) is 75.3 Å². The van der Waals surface area contributed by atoms with Gasteiger partial charge in [0, 0.05) is 11.6 Å². The van der Waals surface area contributed by atoms with Gasteiger partial charge in [0.15, 0.2) is 0 Å². The van der Waals surface area contributed by atoms with Crippen LogP contribution in [0.2, 0.25) is 5.02 Å². The minimum absolute atomic E-state index is 0.221. The van der Waals surface area contributed by atoms with Gasteiger partial charge in [-0.2, -0.15) is 0 Å². The molecule has 1 heterocycles. The molecule has 1 fully saturated rings. The lowest BCUT2D eigenvalue weighted by atomic mass is 9.81. The van der Waals surface area contributed by atoms with Gasteiger partial charge in [-0.15, -0.1) is 0 Å². The van der Waals surface area contributed by atoms with Crippen LogP contribution in [0.5, 0.6) is 0 Å². The van der Waals surface area contributed by atoms with Crippen molar-refractivity contribution in [2.75, 3.05) is 13.2 Å². The Morgan fingerprint density at radius 3 is 2.29 bits per heavy atom. The number of aliphatic hydroxyl groups is 1. The van der Waals surface area contributed by atoms with Crippen molar-refractivity contribution in [3.63, 3.8) is 0 Å². The van der Waals surface area contributed by atoms with Crippen LogP contribution in [0.1, 0.15) is 50.3 Å². The van der Waals surface area contributed by atoms with Crippen molar-refractivity contribution in [1.82, 2.24) is 15.5 Å². The zero-order valence-corrected chi connectivity index (χ0v) is 29.3. The van der Waals surface area contributed by atoms with Crippen molar-refractivity contribution in [1.29, 1.82) is 0 Å². The van der Waals surface area contributed by atoms with Gasteiger partial charge in [-0.3, -0.25) is 14.4 Å². The largest absolute Gasteiger partial charge is 0.394 e. The summed E-state index contributed by atoms with van der Waals surface area (Å²) in [4.78, 5) is 42.7. The number of ether oxygens (including phenoxy) is 1. The standard InChI is InChI=1S/C39H49ClN4O5/c1-27(41)36(46)43-35(28(2)49-26-30-14-8-5-9-15-30)37(47)44-21-11-18-34(44)19-20-39(3,24-31-16-10-17-32(40)22-31)38(48)42-33(25-45)23-29-12-6-4-7-13-29/h4-10,12-17,19-20,22,27-28,33-35,45H,11,18,21,23-26,41H2,1-3H3,(H,42,48)(H,43,46)/b20-19+/t27?,28?,33?,34?,35?,39-/m0/s1. The van der Waals surface area contributed by atoms with E-state index in [-0.39, 0.29) is 31.1 Å². The Morgan fingerprint density at radius 1 is 1.00 bits per heavy atom. The monoisotopic (exact) mass is 688 g/mol. The molecule has 1 saturated heterocycles. The first-order valence-corrected chi connectivity index (χ1v) is 17.3. The fourth-order valence-corrected chi connectivity index (χ4v) is 6.24. The van der Waals surface area contributed by atoms with Crippen LogP contribution in [0.3, 0.4) is 0 Å². The number of benzene rings is 3. The van der Waals surface area contributed by atoms with Gasteiger partial charge < -0.3 is 31.1 Å². The molecule has 0 saturated carbocycles. The van der Waals surface area contributed by atoms with Crippen molar-refractivity contribution >= 4 is 29.3 Å². The summed E-state index contributed by atoms with van der Waals surface area (Å²) >= 11 is 6.31. The van der Waals surface area contributed by atoms with Crippen LogP contribution in [0.25, 0.3) is 0 Å². The number of likely N-dealkylation sites (tertiary alicyclic amines) is 1. The number of carbonyl (C=O) groups is 3. The van der Waals surface area contributed by atoms with E-state index in [1.54, 1.807) is 24.8 Å². The molecule has 3 aromatic rings. The number of hydrogen-bond acceptors (Lipinski definition) is 6. The average Bonchev–Trinajstić information content (AvgIpc) is 3.57. The molecule has 0 aromatic heterocycles. The fraction of sp³-hybridized carbons (Fsp3) is 0.410. The SMILES string of the molecule is CC(N)C(=O)NC(C(=O)N1CCCC1/C=C/[C@@](C)(Cc1cccc(Cl)c1)C(=O)NC(CO)Cc1ccccc1)C(C)OCc1ccccc1. The van der Waals surface area contributed by atoms with E-state index in [1.807, 2.05) is 97.9 Å². The van der Waals surface area contributed by atoms with Crippen LogP contribution >= 0.6 is 11.6 Å². The maximum absolute atomic E-state index is 14.1. The molecule has 1 aliphatic heterocycles. The summed E-state index contributed by atoms with van der Waals surface area (Å²) in [7, 11) is 0. The second-order valence-electron chi connectivity index (χ2n) is 13.1. The Bertz CT molecular complexity index is 1550. The van der Waals surface area contributed by atoms with Gasteiger partial charge in [0.05, 0.1) is 42.9 Å². The summed E-state index contributed by atoms with van der Waals surface area (Å²) in [6, 6.07) is 24.2. The number of nitrogens with zero attached hydrogens (tertiary/aromatic N) is 1. The quantitative estimate of drug-likeness (QED) is 0.163. The van der Waals surface area contributed by atoms with Gasteiger partial charge in [-0.25, -0.2) is 0 Å². The Balaban J connectivity index is 1.56. The van der Waals surface area contributed by atoms with E-state index in [2.05, 4.69) is 10.6 Å². The molecule has 5 N–H and O–H groups in total. The third-order valence-electron chi connectivity index (χ3n) is 8.93. The summed E-state index contributed by atoms with van der Waals surface area (Å²) < 4.78 is 6.09. The van der Waals surface area contributed by atoms with Crippen molar-refractivity contribution in [3.8, 4) is 0 Å². The molecule has 0 bridgehead atoms. The molecule has 0 aliphatic carbocycles. The Morgan fingerprint density at radius 2 is 1.65 bits per heavy atom. The third-order valence-corrected chi connectivity index (χ3v) is 9.17. The average molecular weight is 689 g/mol. The predicted molar refractivity (Wildman–Crippen MR) is 193 cm³/mol. The van der Waals surface area contributed by atoms with Gasteiger partial charge in [0.1, 0.15) is 6.04 Å². The van der Waals surface area contributed by atoms with Crippen LogP contribution in [0.15, 0.2) is 97.1 Å². The lowest BCUT2D eigenvalue weighted by Crippen LogP contribution is -2.57. The summed E-state index contributed by atoms with van der Waals surface area (Å²) in [6.07, 6.45) is 5.41. The molecule has 49 heavy (non-hydrogen) atoms. The minimum Gasteiger partial charge on any atom is -0.394 e. The molecule has 0 spiro atoms. The summed E-state index contributed by atoms with van der Waals surface area (Å²) in [5, 5.41) is 16.6. The lowest BCUT2D eigenvalue weighted by Gasteiger charge is -2.32. The van der Waals surface area contributed by atoms with E-state index in [0.717, 1.165) is 23.1 Å². The molecule has 3 amide bonds. The van der Waals surface area contributed by atoms with Crippen LogP contribution in [-0.4, -0.2) is 71.2 Å². The van der Waals surface area contributed by atoms with Crippen LogP contribution in [0, 0.1) is 5.41 Å². The normalized spacial score (nSPS) is 18.3. The molecule has 9 nitrogen and oxygen atoms in total. The maximum Gasteiger partial charge on any atom is 0.248 e. The Labute approximate surface area is 294 Å². The minimum atomic E-state index is -1.04. The van der Waals surface area contributed by atoms with E-state index in [4.69, 9.17) is 22.1 Å². The molecular formula is C39H49ClN4O5. The number of nitrogens with two attached hydrogens (primary N) is 1. The first kappa shape index (κ1) is 37.8. The van der Waals surface area contributed by atoms with E-state index < -0.39 is 35.6 Å². The number of rotatable bonds is 16. The zero-order chi connectivity index (χ0) is 35.4. The van der Waals surface area contributed by atoms with Crippen molar-refractivity contribution in [2.24, 2.45) is 11.1 Å². The fourth-order valence-electron chi connectivity index (χ4n) is 6.03. The van der Waals surface area contributed by atoms with Crippen LogP contribution < -0.4 is 16.4 Å². The first-order chi connectivity index (χ1) is 23.5. The lowest BCUT2D eigenvalue weighted by molar-refractivity contribution is -0.141. The molecule has 262 valence electrons. The number of hydrogen-bond donors (Lipinski definition) is 4. The number of amides is 3. The number of carbonyl (C=O) groups excluding carboxylic acids is 3. The highest BCUT2D eigenvalue weighted by atomic mass is 35.5. The summed E-state index contributed by atoms with van der Waals surface area (Å²) in [6.45, 7) is 5.74. The van der Waals surface area contributed by atoms with Crippen LogP contribution in [-0.2, 0) is 38.6 Å². The highest BCUT2D eigenvalue weighted by Crippen LogP contribution is 2.29. The van der Waals surface area contributed by atoms with E-state index >= 15 is 0 Å². The molecule has 0 radical (unpaired) electrons. The van der Waals surface area contributed by atoms with E-state index in [1.165, 1.54) is 0 Å². The van der Waals surface area contributed by atoms with Crippen molar-refractivity contribution in [2.45, 2.75) is 83.3 Å². The Hall–Kier alpha value is -4.02. The Kier molecular flexibility index (Phi) is 14.0. The van der Waals surface area contributed by atoms with Gasteiger partial charge in [-0.1, -0.05) is 96.5 Å². The highest BCUT2D eigenvalue weighted by molar-refractivity contribution is 6.30. The third kappa shape index (κ3) is 11.0. The van der Waals surface area contributed by atoms with Gasteiger partial charge in [0.2, 0.25) is 17.7 Å². The van der Waals surface area contributed by atoms with Gasteiger partial charge >= 0.3 is 0 Å². The highest BCUT2D eigenvalue weighted by Gasteiger charge is 2.38. The summed E-state index contributed by atoms with van der Waals surface area (Å²) in [5.74, 6) is -0.968. The maximum atomic E-state index is 14.1. The number of nitrogens with one attached hydrogen (secondary N) is 2. The topological polar surface area (TPSA) is 134 Å². The first-order valence-electron chi connectivity index (χ1n) is 16.9. The van der Waals surface area contributed by atoms with Gasteiger partial charge in [0.25, 0.3) is 0 Å². The van der Waals surface area contributed by atoms with Crippen LogP contribution in [0.4, 0.5) is 0 Å². The van der Waals surface area contributed by atoms with Crippen molar-refractivity contribution in [3.05, 3.63) is 119 Å². The molecule has 4 rings (SSSR count). The number of halogens is 1. The predicted octanol–water partition coefficient (Wildman–Crippen LogP) is 4.59. The summed E-state index contributed by atoms with van der Waals surface area (Å²) in [5.41, 5.74) is 7.65. The molecule has 6 atom stereocenters. The van der Waals surface area contributed by atoms with Crippen molar-refractivity contribution < 1.29 is 24.2 Å². The number of aliphatic hydroxyl groups excluding tert-OH is 1. The molecule has 5 unspecified atom stereocenters. The molecule has 10 heteroatoms. The van der Waals surface area contributed by atoms with E-state index in [0.29, 0.717) is 30.8 Å². The molecule has 3 aromatic carbocycles. The smallest absolute Gasteiger partial charge is 0.248 e. The zero-order valence-electron chi connectivity index (χ0n) is 28.6. The molecular weight excluding hydrogens is 640 g/mol. The second kappa shape index (κ2) is 18.1. The van der Waals surface area contributed by atoms with E-state index in [9.17, 15) is 19.5 Å². The molecule has 1 aliphatic rings. The second-order valence-corrected chi connectivity index (χ2v) is 13.6.